The van der Waals surface area contributed by atoms with E-state index in [4.69, 9.17) is 5.11 Å². The summed E-state index contributed by atoms with van der Waals surface area (Å²) in [6.07, 6.45) is -0.0715. The zero-order valence-corrected chi connectivity index (χ0v) is 6.03. The van der Waals surface area contributed by atoms with Gasteiger partial charge in [-0.1, -0.05) is 0 Å². The van der Waals surface area contributed by atoms with E-state index in [0.29, 0.717) is 6.29 Å². The molecule has 0 saturated heterocycles. The first kappa shape index (κ1) is 9.61. The molecule has 0 spiro atoms. The molecule has 1 unspecified atom stereocenters. The van der Waals surface area contributed by atoms with Crippen LogP contribution in [0.5, 0.6) is 0 Å². The zero-order valence-electron chi connectivity index (χ0n) is 6.03. The summed E-state index contributed by atoms with van der Waals surface area (Å²) >= 11 is 0. The van der Waals surface area contributed by atoms with Gasteiger partial charge in [0, 0.05) is 0 Å². The highest BCUT2D eigenvalue weighted by molar-refractivity contribution is 5.94. The van der Waals surface area contributed by atoms with Gasteiger partial charge in [0.05, 0.1) is 6.04 Å². The Bertz CT molecular complexity index is 177. The topological polar surface area (TPSA) is 83.5 Å². The van der Waals surface area contributed by atoms with Gasteiger partial charge in [0.15, 0.2) is 0 Å². The van der Waals surface area contributed by atoms with Crippen LogP contribution in [0.4, 0.5) is 0 Å². The van der Waals surface area contributed by atoms with E-state index in [1.54, 1.807) is 0 Å². The van der Waals surface area contributed by atoms with Gasteiger partial charge < -0.3 is 15.2 Å². The third-order valence-electron chi connectivity index (χ3n) is 0.905. The Hall–Kier alpha value is -1.39. The molecular formula is C6H9NO4. The molecule has 0 heterocycles. The monoisotopic (exact) mass is 159 g/mol. The lowest BCUT2D eigenvalue weighted by Crippen LogP contribution is -2.34. The van der Waals surface area contributed by atoms with Crippen LogP contribution in [0.3, 0.4) is 0 Å². The lowest BCUT2D eigenvalue weighted by atomic mass is 10.3. The standard InChI is InChI=1S/C6H9NO4/c1-4(3-8)7-5(9)2-6(10)11/h3-4H,2H2,1H3,(H,7,9)(H,10,11). The molecule has 0 radical (unpaired) electrons. The maximum Gasteiger partial charge on any atom is 0.312 e. The number of amides is 1. The molecular weight excluding hydrogens is 150 g/mol. The molecule has 0 aromatic carbocycles. The van der Waals surface area contributed by atoms with Crippen molar-refractivity contribution in [2.75, 3.05) is 0 Å². The minimum atomic E-state index is -1.21. The van der Waals surface area contributed by atoms with Gasteiger partial charge in [-0.2, -0.15) is 0 Å². The molecule has 0 aliphatic heterocycles. The molecule has 1 amide bonds. The molecule has 0 aromatic heterocycles. The predicted octanol–water partition coefficient (Wildman–Crippen LogP) is -0.835. The van der Waals surface area contributed by atoms with Crippen molar-refractivity contribution in [3.63, 3.8) is 0 Å². The second-order valence-corrected chi connectivity index (χ2v) is 2.06. The maximum absolute atomic E-state index is 10.6. The third kappa shape index (κ3) is 5.07. The normalized spacial score (nSPS) is 11.7. The lowest BCUT2D eigenvalue weighted by Gasteiger charge is -2.03. The molecule has 11 heavy (non-hydrogen) atoms. The van der Waals surface area contributed by atoms with Crippen molar-refractivity contribution in [3.8, 4) is 0 Å². The smallest absolute Gasteiger partial charge is 0.312 e. The van der Waals surface area contributed by atoms with E-state index in [1.807, 2.05) is 0 Å². The van der Waals surface area contributed by atoms with Crippen molar-refractivity contribution < 1.29 is 19.5 Å². The quantitative estimate of drug-likeness (QED) is 0.414. The van der Waals surface area contributed by atoms with Crippen LogP contribution in [0.25, 0.3) is 0 Å². The van der Waals surface area contributed by atoms with E-state index >= 15 is 0 Å². The van der Waals surface area contributed by atoms with Crippen molar-refractivity contribution in [2.45, 2.75) is 19.4 Å². The zero-order chi connectivity index (χ0) is 8.85. The van der Waals surface area contributed by atoms with Crippen LogP contribution in [0.2, 0.25) is 0 Å². The summed E-state index contributed by atoms with van der Waals surface area (Å²) in [5.41, 5.74) is 0. The van der Waals surface area contributed by atoms with Gasteiger partial charge in [0.1, 0.15) is 12.7 Å². The summed E-state index contributed by atoms with van der Waals surface area (Å²) in [5.74, 6) is -1.86. The summed E-state index contributed by atoms with van der Waals surface area (Å²) in [5, 5.41) is 10.3. The SMILES string of the molecule is CC(C=O)NC(=O)CC(=O)O. The van der Waals surface area contributed by atoms with Gasteiger partial charge in [-0.25, -0.2) is 0 Å². The number of carbonyl (C=O) groups is 3. The van der Waals surface area contributed by atoms with Gasteiger partial charge in [0.2, 0.25) is 5.91 Å². The minimum Gasteiger partial charge on any atom is -0.481 e. The summed E-state index contributed by atoms with van der Waals surface area (Å²) < 4.78 is 0. The van der Waals surface area contributed by atoms with Crippen LogP contribution in [0.15, 0.2) is 0 Å². The fourth-order valence-electron chi connectivity index (χ4n) is 0.476. The van der Waals surface area contributed by atoms with Crippen molar-refractivity contribution in [1.29, 1.82) is 0 Å². The van der Waals surface area contributed by atoms with Gasteiger partial charge in [-0.15, -0.1) is 0 Å². The molecule has 0 aliphatic carbocycles. The molecule has 0 aromatic rings. The number of carbonyl (C=O) groups excluding carboxylic acids is 2. The van der Waals surface area contributed by atoms with Crippen LogP contribution in [-0.2, 0) is 14.4 Å². The number of hydrogen-bond acceptors (Lipinski definition) is 3. The highest BCUT2D eigenvalue weighted by atomic mass is 16.4. The lowest BCUT2D eigenvalue weighted by molar-refractivity contribution is -0.141. The Morgan fingerprint density at radius 3 is 2.55 bits per heavy atom. The van der Waals surface area contributed by atoms with E-state index < -0.39 is 24.3 Å². The van der Waals surface area contributed by atoms with E-state index in [9.17, 15) is 14.4 Å². The first-order valence-corrected chi connectivity index (χ1v) is 3.02. The number of carboxylic acids is 1. The first-order chi connectivity index (χ1) is 5.06. The van der Waals surface area contributed by atoms with Crippen LogP contribution in [-0.4, -0.2) is 29.3 Å². The van der Waals surface area contributed by atoms with Crippen molar-refractivity contribution in [2.24, 2.45) is 0 Å². The largest absolute Gasteiger partial charge is 0.481 e. The molecule has 5 nitrogen and oxygen atoms in total. The Morgan fingerprint density at radius 1 is 1.64 bits per heavy atom. The highest BCUT2D eigenvalue weighted by Gasteiger charge is 2.09. The highest BCUT2D eigenvalue weighted by Crippen LogP contribution is 1.81. The van der Waals surface area contributed by atoms with Crippen LogP contribution in [0.1, 0.15) is 13.3 Å². The van der Waals surface area contributed by atoms with Crippen LogP contribution in [0, 0.1) is 0 Å². The minimum absolute atomic E-state index is 0.528. The molecule has 5 heteroatoms. The van der Waals surface area contributed by atoms with Crippen LogP contribution >= 0.6 is 0 Å². The Morgan fingerprint density at radius 2 is 2.18 bits per heavy atom. The fraction of sp³-hybridized carbons (Fsp3) is 0.500. The van der Waals surface area contributed by atoms with Crippen molar-refractivity contribution >= 4 is 18.2 Å². The first-order valence-electron chi connectivity index (χ1n) is 3.02. The summed E-state index contributed by atoms with van der Waals surface area (Å²) in [6, 6.07) is -0.623. The van der Waals surface area contributed by atoms with Crippen molar-refractivity contribution in [3.05, 3.63) is 0 Å². The summed E-state index contributed by atoms with van der Waals surface area (Å²) in [4.78, 5) is 30.5. The molecule has 1 atom stereocenters. The number of carboxylic acid groups (broad SMARTS) is 1. The average Bonchev–Trinajstić information content (AvgIpc) is 1.85. The fourth-order valence-corrected chi connectivity index (χ4v) is 0.476. The number of aldehydes is 1. The summed E-state index contributed by atoms with van der Waals surface area (Å²) in [7, 11) is 0. The molecule has 2 N–H and O–H groups in total. The average molecular weight is 159 g/mol. The second-order valence-electron chi connectivity index (χ2n) is 2.06. The predicted molar refractivity (Wildman–Crippen MR) is 35.9 cm³/mol. The van der Waals surface area contributed by atoms with Gasteiger partial charge in [-0.05, 0) is 6.92 Å². The van der Waals surface area contributed by atoms with Gasteiger partial charge in [0.25, 0.3) is 0 Å². The Kier molecular flexibility index (Phi) is 3.87. The molecule has 0 saturated carbocycles. The number of nitrogens with one attached hydrogen (secondary N) is 1. The third-order valence-corrected chi connectivity index (χ3v) is 0.905. The molecule has 62 valence electrons. The molecule has 0 aliphatic rings. The van der Waals surface area contributed by atoms with E-state index in [0.717, 1.165) is 0 Å². The number of hydrogen-bond donors (Lipinski definition) is 2. The number of rotatable bonds is 4. The maximum atomic E-state index is 10.6. The van der Waals surface area contributed by atoms with Gasteiger partial charge >= 0.3 is 5.97 Å². The number of aliphatic carboxylic acids is 1. The molecule has 0 bridgehead atoms. The van der Waals surface area contributed by atoms with Gasteiger partial charge in [-0.3, -0.25) is 9.59 Å². The molecule has 0 rings (SSSR count). The van der Waals surface area contributed by atoms with E-state index in [2.05, 4.69) is 5.32 Å². The molecule has 0 fully saturated rings. The second kappa shape index (κ2) is 4.43. The Balaban J connectivity index is 3.69. The van der Waals surface area contributed by atoms with Crippen molar-refractivity contribution in [1.82, 2.24) is 5.32 Å². The van der Waals surface area contributed by atoms with Crippen LogP contribution < -0.4 is 5.32 Å². The van der Waals surface area contributed by atoms with E-state index in [1.165, 1.54) is 6.92 Å². The Labute approximate surface area is 63.4 Å². The van der Waals surface area contributed by atoms with E-state index in [-0.39, 0.29) is 0 Å². The summed E-state index contributed by atoms with van der Waals surface area (Å²) in [6.45, 7) is 1.47.